The van der Waals surface area contributed by atoms with E-state index in [1.54, 1.807) is 0 Å². The van der Waals surface area contributed by atoms with Crippen molar-refractivity contribution in [3.63, 3.8) is 0 Å². The molecule has 0 saturated carbocycles. The van der Waals surface area contributed by atoms with Crippen molar-refractivity contribution in [1.29, 1.82) is 0 Å². The first-order valence-electron chi connectivity index (χ1n) is 20.5. The van der Waals surface area contributed by atoms with Gasteiger partial charge in [0.25, 0.3) is 0 Å². The number of benzene rings is 6. The van der Waals surface area contributed by atoms with E-state index < -0.39 is 0 Å². The third kappa shape index (κ3) is 5.35. The Morgan fingerprint density at radius 2 is 1.47 bits per heavy atom. The average Bonchev–Trinajstić information content (AvgIpc) is 3.97. The van der Waals surface area contributed by atoms with Crippen molar-refractivity contribution in [1.82, 2.24) is 4.57 Å². The Balaban J connectivity index is 1.02. The van der Waals surface area contributed by atoms with Gasteiger partial charge in [0.05, 0.1) is 11.0 Å². The zero-order chi connectivity index (χ0) is 38.2. The van der Waals surface area contributed by atoms with Gasteiger partial charge in [-0.25, -0.2) is 0 Å². The molecule has 6 aromatic carbocycles. The molecule has 2 aromatic heterocycles. The first-order valence-corrected chi connectivity index (χ1v) is 21.4. The van der Waals surface area contributed by atoms with E-state index >= 15 is 0 Å². The van der Waals surface area contributed by atoms with Gasteiger partial charge in [-0.05, 0) is 90.6 Å². The number of aromatic nitrogens is 1. The fraction of sp³-hybridized carbons (Fsp3) is 0.111. The summed E-state index contributed by atoms with van der Waals surface area (Å²) in [6.07, 6.45) is 21.5. The number of furan rings is 1. The maximum Gasteiger partial charge on any atom is 0.138 e. The Labute approximate surface area is 341 Å². The van der Waals surface area contributed by atoms with Crippen LogP contribution in [0.3, 0.4) is 0 Å². The van der Waals surface area contributed by atoms with Gasteiger partial charge in [0.1, 0.15) is 11.0 Å². The molecule has 1 aliphatic heterocycles. The molecule has 8 aromatic rings. The lowest BCUT2D eigenvalue weighted by atomic mass is 9.91. The summed E-state index contributed by atoms with van der Waals surface area (Å²) >= 11 is 2.02. The van der Waals surface area contributed by atoms with E-state index in [0.29, 0.717) is 17.1 Å². The molecular formula is C54H40N2OS. The number of nitrogens with zero attached hydrogens (tertiary/aromatic N) is 2. The minimum Gasteiger partial charge on any atom is -0.456 e. The van der Waals surface area contributed by atoms with Crippen LogP contribution in [0.2, 0.25) is 0 Å². The topological polar surface area (TPSA) is 21.3 Å². The van der Waals surface area contributed by atoms with Gasteiger partial charge in [0, 0.05) is 71.7 Å². The first-order chi connectivity index (χ1) is 28.8. The molecule has 4 heteroatoms. The van der Waals surface area contributed by atoms with Crippen LogP contribution in [-0.4, -0.2) is 9.82 Å². The van der Waals surface area contributed by atoms with Crippen molar-refractivity contribution < 1.29 is 4.42 Å². The number of thioether (sulfide) groups is 1. The number of hydrogen-bond donors (Lipinski definition) is 0. The van der Waals surface area contributed by atoms with Crippen LogP contribution < -0.4 is 15.5 Å². The normalized spacial score (nSPS) is 19.3. The van der Waals surface area contributed by atoms with E-state index in [1.807, 2.05) is 11.8 Å². The molecular weight excluding hydrogens is 725 g/mol. The molecule has 0 fully saturated rings. The number of hydrogen-bond acceptors (Lipinski definition) is 3. The highest BCUT2D eigenvalue weighted by Crippen LogP contribution is 2.53. The van der Waals surface area contributed by atoms with Crippen molar-refractivity contribution in [3.05, 3.63) is 215 Å². The second kappa shape index (κ2) is 13.6. The molecule has 0 N–H and O–H groups in total. The predicted octanol–water partition coefficient (Wildman–Crippen LogP) is 12.8. The Morgan fingerprint density at radius 3 is 2.31 bits per heavy atom. The molecule has 4 aliphatic rings. The lowest BCUT2D eigenvalue weighted by Crippen LogP contribution is -2.26. The summed E-state index contributed by atoms with van der Waals surface area (Å²) in [6, 6.07) is 51.2. The molecule has 3 unspecified atom stereocenters. The predicted molar refractivity (Wildman–Crippen MR) is 243 cm³/mol. The van der Waals surface area contributed by atoms with Gasteiger partial charge in [0.15, 0.2) is 0 Å². The maximum atomic E-state index is 6.51. The van der Waals surface area contributed by atoms with Gasteiger partial charge in [-0.15, -0.1) is 11.8 Å². The van der Waals surface area contributed by atoms with Crippen LogP contribution in [0.5, 0.6) is 0 Å². The van der Waals surface area contributed by atoms with Gasteiger partial charge in [0.2, 0.25) is 0 Å². The molecule has 0 saturated heterocycles. The van der Waals surface area contributed by atoms with E-state index in [1.165, 1.54) is 71.0 Å². The summed E-state index contributed by atoms with van der Waals surface area (Å²) < 4.78 is 8.98. The van der Waals surface area contributed by atoms with Crippen molar-refractivity contribution in [3.8, 4) is 5.69 Å². The minimum absolute atomic E-state index is 0.350. The number of allylic oxidation sites excluding steroid dienone is 6. The van der Waals surface area contributed by atoms with Crippen LogP contribution in [0, 0.1) is 0 Å². The molecule has 12 rings (SSSR count). The van der Waals surface area contributed by atoms with E-state index in [2.05, 4.69) is 198 Å². The van der Waals surface area contributed by atoms with Crippen LogP contribution in [-0.2, 0) is 0 Å². The summed E-state index contributed by atoms with van der Waals surface area (Å²) in [4.78, 5) is 3.86. The van der Waals surface area contributed by atoms with Crippen LogP contribution in [0.4, 0.5) is 11.4 Å². The number of rotatable bonds is 6. The monoisotopic (exact) mass is 764 g/mol. The maximum absolute atomic E-state index is 6.51. The van der Waals surface area contributed by atoms with Gasteiger partial charge in [-0.1, -0.05) is 134 Å². The Kier molecular flexibility index (Phi) is 7.87. The molecule has 0 amide bonds. The fourth-order valence-corrected chi connectivity index (χ4v) is 11.3. The average molecular weight is 765 g/mol. The molecule has 0 bridgehead atoms. The summed E-state index contributed by atoms with van der Waals surface area (Å²) in [5, 5.41) is 5.51. The molecule has 0 spiro atoms. The first kappa shape index (κ1) is 33.6. The second-order valence-electron chi connectivity index (χ2n) is 15.8. The van der Waals surface area contributed by atoms with Gasteiger partial charge in [-0.3, -0.25) is 0 Å². The van der Waals surface area contributed by atoms with Crippen LogP contribution in [0.15, 0.2) is 197 Å². The van der Waals surface area contributed by atoms with E-state index in [0.717, 1.165) is 41.6 Å². The molecule has 3 nitrogen and oxygen atoms in total. The quantitative estimate of drug-likeness (QED) is 0.168. The molecule has 3 heterocycles. The van der Waals surface area contributed by atoms with E-state index in [9.17, 15) is 0 Å². The molecule has 278 valence electrons. The van der Waals surface area contributed by atoms with E-state index in [4.69, 9.17) is 4.42 Å². The lowest BCUT2D eigenvalue weighted by molar-refractivity contribution is 0.568. The standard InChI is InChI=1S/C54H40N2OS/c1-3-12-35(13-4-1)36-22-26-39(27-23-36)55(40-28-24-37(25-29-40)42-18-11-19-45-43-16-7-9-20-50(43)57-53(42)45)41-30-31-47-49(34-41)56(38-14-5-2-6-15-38)48-33-32-46-44-17-8-10-21-51(44)58-54(46)52(47)48/h1-10,12-17,19-22,24-34,36,44,51H,11,18,23H2. The van der Waals surface area contributed by atoms with Gasteiger partial charge >= 0.3 is 0 Å². The van der Waals surface area contributed by atoms with Crippen LogP contribution in [0.1, 0.15) is 47.8 Å². The number of fused-ring (bicyclic) bond motifs is 10. The zero-order valence-electron chi connectivity index (χ0n) is 32.0. The van der Waals surface area contributed by atoms with E-state index in [-0.39, 0.29) is 0 Å². The van der Waals surface area contributed by atoms with Crippen molar-refractivity contribution >= 4 is 67.6 Å². The third-order valence-corrected chi connectivity index (χ3v) is 14.0. The molecule has 3 aliphatic carbocycles. The molecule has 58 heavy (non-hydrogen) atoms. The molecule has 0 radical (unpaired) electrons. The second-order valence-corrected chi connectivity index (χ2v) is 17.0. The summed E-state index contributed by atoms with van der Waals surface area (Å²) in [7, 11) is 0. The minimum atomic E-state index is 0.350. The van der Waals surface area contributed by atoms with Gasteiger partial charge < -0.3 is 13.9 Å². The Hall–Kier alpha value is -6.49. The zero-order valence-corrected chi connectivity index (χ0v) is 32.8. The summed E-state index contributed by atoms with van der Waals surface area (Å²) in [5.41, 5.74) is 14.3. The smallest absolute Gasteiger partial charge is 0.138 e. The highest BCUT2D eigenvalue weighted by molar-refractivity contribution is 8.00. The van der Waals surface area contributed by atoms with Crippen molar-refractivity contribution in [2.24, 2.45) is 0 Å². The highest BCUT2D eigenvalue weighted by Gasteiger charge is 2.34. The van der Waals surface area contributed by atoms with Crippen molar-refractivity contribution in [2.45, 2.75) is 41.2 Å². The fourth-order valence-electron chi connectivity index (χ4n) is 9.80. The highest BCUT2D eigenvalue weighted by atomic mass is 32.2. The number of anilines is 2. The van der Waals surface area contributed by atoms with Crippen LogP contribution in [0.25, 0.3) is 50.1 Å². The van der Waals surface area contributed by atoms with Crippen LogP contribution >= 0.6 is 11.8 Å². The largest absolute Gasteiger partial charge is 0.456 e. The SMILES string of the molecule is C1=CC2Sc3c(ccc4c3c3ccc(N(C5=CCC(c6ccccc6)C=C5)c5ccc(C6=c7oc8ccccc8c7=CCC6)cc5)cc3n4-c3ccccc3)C2C=C1. The summed E-state index contributed by atoms with van der Waals surface area (Å²) in [5.74, 6) is 0.762. The van der Waals surface area contributed by atoms with Gasteiger partial charge in [-0.2, -0.15) is 0 Å². The third-order valence-electron chi connectivity index (χ3n) is 12.6. The van der Waals surface area contributed by atoms with Crippen molar-refractivity contribution in [2.75, 3.05) is 4.90 Å². The number of para-hydroxylation sites is 2. The Morgan fingerprint density at radius 1 is 0.672 bits per heavy atom. The molecule has 3 atom stereocenters. The summed E-state index contributed by atoms with van der Waals surface area (Å²) in [6.45, 7) is 0. The Bertz CT molecular complexity index is 3180. The lowest BCUT2D eigenvalue weighted by Gasteiger charge is -2.29.